The Kier molecular flexibility index (Phi) is 10.5. The molecule has 96 valence electrons. The summed E-state index contributed by atoms with van der Waals surface area (Å²) in [5.41, 5.74) is 5.72. The van der Waals surface area contributed by atoms with Crippen LogP contribution in [0.2, 0.25) is 0 Å². The number of carbonyl (C=O) groups is 1. The zero-order chi connectivity index (χ0) is 12.2. The second-order valence-electron chi connectivity index (χ2n) is 4.18. The van der Waals surface area contributed by atoms with E-state index in [4.69, 9.17) is 10.8 Å². The summed E-state index contributed by atoms with van der Waals surface area (Å²) in [5.74, 6) is -0.0318. The van der Waals surface area contributed by atoms with Gasteiger partial charge in [-0.25, -0.2) is 0 Å². The monoisotopic (exact) mass is 230 g/mol. The zero-order valence-electron chi connectivity index (χ0n) is 10.4. The van der Waals surface area contributed by atoms with Gasteiger partial charge in [-0.2, -0.15) is 0 Å². The number of nitrogens with two attached hydrogens (primary N) is 1. The van der Waals surface area contributed by atoms with Gasteiger partial charge in [-0.3, -0.25) is 4.79 Å². The van der Waals surface area contributed by atoms with E-state index in [1.807, 2.05) is 0 Å². The molecule has 0 rings (SSSR count). The van der Waals surface area contributed by atoms with Crippen LogP contribution in [0.3, 0.4) is 0 Å². The fraction of sp³-hybridized carbons (Fsp3) is 0.917. The average molecular weight is 230 g/mol. The highest BCUT2D eigenvalue weighted by Crippen LogP contribution is 2.00. The number of rotatable bonds is 10. The molecule has 4 nitrogen and oxygen atoms in total. The van der Waals surface area contributed by atoms with E-state index in [2.05, 4.69) is 12.2 Å². The van der Waals surface area contributed by atoms with Crippen LogP contribution in [0, 0.1) is 0 Å². The minimum atomic E-state index is -0.350. The lowest BCUT2D eigenvalue weighted by Crippen LogP contribution is -2.40. The molecule has 1 atom stereocenters. The molecular formula is C12H26N2O2. The van der Waals surface area contributed by atoms with Gasteiger partial charge in [0.25, 0.3) is 0 Å². The molecule has 0 aliphatic carbocycles. The van der Waals surface area contributed by atoms with Gasteiger partial charge in [0.05, 0.1) is 6.04 Å². The molecule has 0 spiro atoms. The standard InChI is InChI=1S/C12H26N2O2/c1-2-3-8-11(13)12(16)14-9-6-4-5-7-10-15/h11,15H,2-10,13H2,1H3,(H,14,16)/t11-/m0/s1. The van der Waals surface area contributed by atoms with E-state index in [0.29, 0.717) is 6.54 Å². The Bertz CT molecular complexity index is 174. The molecule has 16 heavy (non-hydrogen) atoms. The van der Waals surface area contributed by atoms with Crippen LogP contribution in [-0.2, 0) is 4.79 Å². The fourth-order valence-electron chi connectivity index (χ4n) is 1.49. The van der Waals surface area contributed by atoms with Crippen molar-refractivity contribution in [3.63, 3.8) is 0 Å². The number of nitrogens with one attached hydrogen (secondary N) is 1. The Morgan fingerprint density at radius 1 is 1.25 bits per heavy atom. The maximum atomic E-state index is 11.5. The lowest BCUT2D eigenvalue weighted by Gasteiger charge is -2.11. The van der Waals surface area contributed by atoms with Crippen molar-refractivity contribution in [3.05, 3.63) is 0 Å². The van der Waals surface area contributed by atoms with Gasteiger partial charge >= 0.3 is 0 Å². The van der Waals surface area contributed by atoms with Crippen LogP contribution in [0.1, 0.15) is 51.9 Å². The number of aliphatic hydroxyl groups is 1. The minimum absolute atomic E-state index is 0.0318. The molecule has 0 bridgehead atoms. The van der Waals surface area contributed by atoms with Crippen molar-refractivity contribution in [2.75, 3.05) is 13.2 Å². The Morgan fingerprint density at radius 3 is 2.56 bits per heavy atom. The Hall–Kier alpha value is -0.610. The van der Waals surface area contributed by atoms with Crippen molar-refractivity contribution in [1.29, 1.82) is 0 Å². The zero-order valence-corrected chi connectivity index (χ0v) is 10.4. The van der Waals surface area contributed by atoms with E-state index in [1.54, 1.807) is 0 Å². The average Bonchev–Trinajstić information content (AvgIpc) is 2.30. The summed E-state index contributed by atoms with van der Waals surface area (Å²) in [6, 6.07) is -0.350. The van der Waals surface area contributed by atoms with Crippen molar-refractivity contribution < 1.29 is 9.90 Å². The lowest BCUT2D eigenvalue weighted by atomic mass is 10.1. The van der Waals surface area contributed by atoms with Crippen LogP contribution in [0.4, 0.5) is 0 Å². The summed E-state index contributed by atoms with van der Waals surface area (Å²) in [4.78, 5) is 11.5. The molecule has 0 aromatic carbocycles. The number of amides is 1. The van der Waals surface area contributed by atoms with Crippen LogP contribution in [0.15, 0.2) is 0 Å². The van der Waals surface area contributed by atoms with Crippen molar-refractivity contribution in [2.24, 2.45) is 5.73 Å². The summed E-state index contributed by atoms with van der Waals surface area (Å²) in [6.45, 7) is 3.05. The molecule has 0 saturated carbocycles. The first-order chi connectivity index (χ1) is 7.72. The minimum Gasteiger partial charge on any atom is -0.396 e. The first-order valence-corrected chi connectivity index (χ1v) is 6.36. The topological polar surface area (TPSA) is 75.4 Å². The highest BCUT2D eigenvalue weighted by atomic mass is 16.2. The smallest absolute Gasteiger partial charge is 0.236 e. The quantitative estimate of drug-likeness (QED) is 0.493. The maximum absolute atomic E-state index is 11.5. The molecule has 1 amide bonds. The second kappa shape index (κ2) is 10.9. The van der Waals surface area contributed by atoms with E-state index in [-0.39, 0.29) is 18.6 Å². The fourth-order valence-corrected chi connectivity index (χ4v) is 1.49. The van der Waals surface area contributed by atoms with Gasteiger partial charge in [-0.1, -0.05) is 32.6 Å². The molecule has 0 aliphatic rings. The molecule has 0 fully saturated rings. The molecule has 0 saturated heterocycles. The first kappa shape index (κ1) is 15.4. The van der Waals surface area contributed by atoms with Gasteiger partial charge in [-0.15, -0.1) is 0 Å². The van der Waals surface area contributed by atoms with Gasteiger partial charge in [0.15, 0.2) is 0 Å². The number of hydrogen-bond acceptors (Lipinski definition) is 3. The van der Waals surface area contributed by atoms with Crippen LogP contribution < -0.4 is 11.1 Å². The largest absolute Gasteiger partial charge is 0.396 e. The Morgan fingerprint density at radius 2 is 1.94 bits per heavy atom. The third-order valence-corrected chi connectivity index (χ3v) is 2.59. The van der Waals surface area contributed by atoms with E-state index in [0.717, 1.165) is 44.9 Å². The number of carbonyl (C=O) groups excluding carboxylic acids is 1. The maximum Gasteiger partial charge on any atom is 0.236 e. The van der Waals surface area contributed by atoms with E-state index >= 15 is 0 Å². The summed E-state index contributed by atoms with van der Waals surface area (Å²) in [5, 5.41) is 11.4. The van der Waals surface area contributed by atoms with Crippen molar-refractivity contribution in [3.8, 4) is 0 Å². The van der Waals surface area contributed by atoms with Gasteiger partial charge < -0.3 is 16.2 Å². The lowest BCUT2D eigenvalue weighted by molar-refractivity contribution is -0.122. The molecule has 0 radical (unpaired) electrons. The van der Waals surface area contributed by atoms with Gasteiger partial charge in [-0.05, 0) is 19.3 Å². The second-order valence-corrected chi connectivity index (χ2v) is 4.18. The van der Waals surface area contributed by atoms with Gasteiger partial charge in [0, 0.05) is 13.2 Å². The molecule has 0 aliphatic heterocycles. The number of unbranched alkanes of at least 4 members (excludes halogenated alkanes) is 4. The van der Waals surface area contributed by atoms with Crippen molar-refractivity contribution in [1.82, 2.24) is 5.32 Å². The predicted molar refractivity (Wildman–Crippen MR) is 66.1 cm³/mol. The number of hydrogen-bond donors (Lipinski definition) is 3. The van der Waals surface area contributed by atoms with Crippen LogP contribution in [0.25, 0.3) is 0 Å². The number of aliphatic hydroxyl groups excluding tert-OH is 1. The van der Waals surface area contributed by atoms with E-state index in [1.165, 1.54) is 0 Å². The van der Waals surface area contributed by atoms with E-state index < -0.39 is 0 Å². The molecular weight excluding hydrogens is 204 g/mol. The molecule has 0 heterocycles. The molecule has 4 heteroatoms. The highest BCUT2D eigenvalue weighted by molar-refractivity contribution is 5.81. The van der Waals surface area contributed by atoms with Crippen molar-refractivity contribution >= 4 is 5.91 Å². The van der Waals surface area contributed by atoms with Gasteiger partial charge in [0.1, 0.15) is 0 Å². The van der Waals surface area contributed by atoms with Crippen LogP contribution >= 0.6 is 0 Å². The molecule has 0 unspecified atom stereocenters. The highest BCUT2D eigenvalue weighted by Gasteiger charge is 2.11. The SMILES string of the molecule is CCCC[C@H](N)C(=O)NCCCCCCO. The predicted octanol–water partition coefficient (Wildman–Crippen LogP) is 1.17. The summed E-state index contributed by atoms with van der Waals surface area (Å²) in [7, 11) is 0. The summed E-state index contributed by atoms with van der Waals surface area (Å²) in [6.07, 6.45) is 6.73. The molecule has 0 aromatic heterocycles. The summed E-state index contributed by atoms with van der Waals surface area (Å²) >= 11 is 0. The van der Waals surface area contributed by atoms with Gasteiger partial charge in [0.2, 0.25) is 5.91 Å². The Balaban J connectivity index is 3.35. The first-order valence-electron chi connectivity index (χ1n) is 6.36. The summed E-state index contributed by atoms with van der Waals surface area (Å²) < 4.78 is 0. The van der Waals surface area contributed by atoms with Crippen LogP contribution in [-0.4, -0.2) is 30.2 Å². The Labute approximate surface area is 98.6 Å². The third-order valence-electron chi connectivity index (χ3n) is 2.59. The normalized spacial score (nSPS) is 12.4. The van der Waals surface area contributed by atoms with Crippen molar-refractivity contribution in [2.45, 2.75) is 57.9 Å². The molecule has 4 N–H and O–H groups in total. The third kappa shape index (κ3) is 8.68. The van der Waals surface area contributed by atoms with Crippen LogP contribution in [0.5, 0.6) is 0 Å². The van der Waals surface area contributed by atoms with E-state index in [9.17, 15) is 4.79 Å². The molecule has 0 aromatic rings.